The highest BCUT2D eigenvalue weighted by molar-refractivity contribution is 7.89. The topological polar surface area (TPSA) is 87.0 Å². The van der Waals surface area contributed by atoms with Crippen LogP contribution in [0.5, 0.6) is 0 Å². The number of hydrogen-bond donors (Lipinski definition) is 1. The van der Waals surface area contributed by atoms with Crippen molar-refractivity contribution >= 4 is 15.8 Å². The number of nitrogens with zero attached hydrogens (tertiary/aromatic N) is 1. The summed E-state index contributed by atoms with van der Waals surface area (Å²) in [6.45, 7) is 2.97. The van der Waals surface area contributed by atoms with Crippen LogP contribution in [0, 0.1) is 17.2 Å². The molecule has 1 aromatic rings. The molecule has 0 saturated heterocycles. The van der Waals surface area contributed by atoms with Crippen molar-refractivity contribution in [1.29, 1.82) is 5.26 Å². The maximum absolute atomic E-state index is 12.3. The molecule has 1 atom stereocenters. The van der Waals surface area contributed by atoms with Crippen molar-refractivity contribution < 1.29 is 13.2 Å². The summed E-state index contributed by atoms with van der Waals surface area (Å²) < 4.78 is 27.1. The Labute approximate surface area is 118 Å². The van der Waals surface area contributed by atoms with Crippen LogP contribution in [0.25, 0.3) is 0 Å². The minimum atomic E-state index is -3.82. The van der Waals surface area contributed by atoms with E-state index in [1.807, 2.05) is 6.07 Å². The summed E-state index contributed by atoms with van der Waals surface area (Å²) in [5.41, 5.74) is -0.761. The molecule has 20 heavy (non-hydrogen) atoms. The minimum absolute atomic E-state index is 0.00678. The predicted molar refractivity (Wildman–Crippen MR) is 73.5 cm³/mol. The maximum atomic E-state index is 12.3. The molecule has 0 amide bonds. The first-order valence-electron chi connectivity index (χ1n) is 6.35. The number of nitrogens with one attached hydrogen (secondary N) is 1. The number of benzene rings is 1. The van der Waals surface area contributed by atoms with Gasteiger partial charge in [-0.05, 0) is 44.7 Å². The number of nitriles is 1. The zero-order valence-electron chi connectivity index (χ0n) is 11.4. The molecule has 0 unspecified atom stereocenters. The second-order valence-electron chi connectivity index (χ2n) is 5.28. The predicted octanol–water partition coefficient (Wildman–Crippen LogP) is 1.86. The summed E-state index contributed by atoms with van der Waals surface area (Å²) in [6, 6.07) is 7.87. The van der Waals surface area contributed by atoms with Crippen LogP contribution in [0.3, 0.4) is 0 Å². The fraction of sp³-hybridized carbons (Fsp3) is 0.429. The Morgan fingerprint density at radius 3 is 2.60 bits per heavy atom. The number of rotatable bonds is 5. The number of carbonyl (C=O) groups excluding carboxylic acids is 1. The summed E-state index contributed by atoms with van der Waals surface area (Å²) in [5, 5.41) is 9.22. The molecule has 6 heteroatoms. The van der Waals surface area contributed by atoms with Crippen molar-refractivity contribution in [3.05, 3.63) is 29.8 Å². The van der Waals surface area contributed by atoms with Crippen LogP contribution in [0.4, 0.5) is 0 Å². The molecule has 1 aliphatic rings. The molecule has 2 rings (SSSR count). The van der Waals surface area contributed by atoms with Crippen LogP contribution < -0.4 is 4.72 Å². The van der Waals surface area contributed by atoms with Crippen LogP contribution in [-0.4, -0.2) is 19.7 Å². The van der Waals surface area contributed by atoms with Gasteiger partial charge >= 0.3 is 0 Å². The van der Waals surface area contributed by atoms with Gasteiger partial charge < -0.3 is 0 Å². The van der Waals surface area contributed by atoms with Crippen molar-refractivity contribution in [2.75, 3.05) is 0 Å². The van der Waals surface area contributed by atoms with Gasteiger partial charge in [-0.25, -0.2) is 8.42 Å². The van der Waals surface area contributed by atoms with E-state index in [0.29, 0.717) is 5.56 Å². The molecule has 1 fully saturated rings. The molecule has 1 aromatic carbocycles. The van der Waals surface area contributed by atoms with Crippen molar-refractivity contribution in [2.24, 2.45) is 5.92 Å². The maximum Gasteiger partial charge on any atom is 0.241 e. The second-order valence-corrected chi connectivity index (χ2v) is 6.96. The third-order valence-electron chi connectivity index (χ3n) is 3.52. The first kappa shape index (κ1) is 14.7. The quantitative estimate of drug-likeness (QED) is 0.839. The third kappa shape index (κ3) is 2.89. The Bertz CT molecular complexity index is 687. The molecule has 1 aliphatic carbocycles. The van der Waals surface area contributed by atoms with E-state index in [4.69, 9.17) is 0 Å². The molecule has 106 valence electrons. The monoisotopic (exact) mass is 292 g/mol. The van der Waals surface area contributed by atoms with Gasteiger partial charge in [0.2, 0.25) is 10.0 Å². The first-order chi connectivity index (χ1) is 9.28. The van der Waals surface area contributed by atoms with E-state index in [1.165, 1.54) is 25.1 Å². The minimum Gasteiger partial charge on any atom is -0.295 e. The molecular formula is C14H16N2O3S. The van der Waals surface area contributed by atoms with Gasteiger partial charge in [-0.1, -0.05) is 12.1 Å². The zero-order chi connectivity index (χ0) is 15.0. The fourth-order valence-electron chi connectivity index (χ4n) is 2.08. The van der Waals surface area contributed by atoms with Crippen LogP contribution in [0.2, 0.25) is 0 Å². The van der Waals surface area contributed by atoms with Gasteiger partial charge in [0.05, 0.1) is 11.0 Å². The highest BCUT2D eigenvalue weighted by Gasteiger charge is 2.44. The average Bonchev–Trinajstić information content (AvgIpc) is 3.23. The molecule has 1 saturated carbocycles. The Hall–Kier alpha value is -1.71. The Kier molecular flexibility index (Phi) is 3.67. The van der Waals surface area contributed by atoms with E-state index in [0.717, 1.165) is 12.8 Å². The lowest BCUT2D eigenvalue weighted by Gasteiger charge is -2.22. The normalized spacial score (nSPS) is 18.1. The van der Waals surface area contributed by atoms with Gasteiger partial charge in [-0.2, -0.15) is 9.98 Å². The fourth-order valence-corrected chi connectivity index (χ4v) is 3.51. The summed E-state index contributed by atoms with van der Waals surface area (Å²) in [7, 11) is -3.82. The van der Waals surface area contributed by atoms with Gasteiger partial charge in [0.25, 0.3) is 0 Å². The lowest BCUT2D eigenvalue weighted by atomic mass is 10.0. The molecule has 0 heterocycles. The Balaban J connectivity index is 2.33. The SMILES string of the molecule is CC(=O)c1cccc(S(=O)(=O)N[C@@](C)(C#N)C2CC2)c1. The Morgan fingerprint density at radius 1 is 1.45 bits per heavy atom. The number of Topliss-reactive ketones (excluding diaryl/α,β-unsaturated/α-hetero) is 1. The molecule has 0 radical (unpaired) electrons. The van der Waals surface area contributed by atoms with Crippen molar-refractivity contribution in [3.8, 4) is 6.07 Å². The van der Waals surface area contributed by atoms with Crippen LogP contribution in [0.1, 0.15) is 37.0 Å². The molecule has 1 N–H and O–H groups in total. The highest BCUT2D eigenvalue weighted by Crippen LogP contribution is 2.39. The number of sulfonamides is 1. The lowest BCUT2D eigenvalue weighted by molar-refractivity contribution is 0.101. The van der Waals surface area contributed by atoms with Gasteiger partial charge in [-0.15, -0.1) is 0 Å². The number of carbonyl (C=O) groups is 1. The standard InChI is InChI=1S/C14H16N2O3S/c1-10(17)11-4-3-5-13(8-11)20(18,19)16-14(2,9-15)12-6-7-12/h3-5,8,12,16H,6-7H2,1-2H3/t14-/m0/s1. The lowest BCUT2D eigenvalue weighted by Crippen LogP contribution is -2.46. The van der Waals surface area contributed by atoms with Gasteiger partial charge in [0, 0.05) is 5.56 Å². The molecule has 0 aromatic heterocycles. The highest BCUT2D eigenvalue weighted by atomic mass is 32.2. The van der Waals surface area contributed by atoms with Gasteiger partial charge in [-0.3, -0.25) is 4.79 Å². The van der Waals surface area contributed by atoms with E-state index < -0.39 is 15.6 Å². The van der Waals surface area contributed by atoms with Gasteiger partial charge in [0.15, 0.2) is 5.78 Å². The molecule has 0 aliphatic heterocycles. The van der Waals surface area contributed by atoms with Gasteiger partial charge in [0.1, 0.15) is 5.54 Å². The number of ketones is 1. The second kappa shape index (κ2) is 5.00. The summed E-state index contributed by atoms with van der Waals surface area (Å²) in [4.78, 5) is 11.3. The van der Waals surface area contributed by atoms with Crippen LogP contribution in [0.15, 0.2) is 29.2 Å². The van der Waals surface area contributed by atoms with E-state index in [-0.39, 0.29) is 16.6 Å². The first-order valence-corrected chi connectivity index (χ1v) is 7.83. The summed E-state index contributed by atoms with van der Waals surface area (Å²) in [6.07, 6.45) is 1.69. The largest absolute Gasteiger partial charge is 0.295 e. The summed E-state index contributed by atoms with van der Waals surface area (Å²) in [5.74, 6) is -0.148. The van der Waals surface area contributed by atoms with Crippen molar-refractivity contribution in [1.82, 2.24) is 4.72 Å². The van der Waals surface area contributed by atoms with E-state index in [1.54, 1.807) is 13.0 Å². The van der Waals surface area contributed by atoms with Crippen LogP contribution in [-0.2, 0) is 10.0 Å². The molecule has 0 bridgehead atoms. The van der Waals surface area contributed by atoms with E-state index in [2.05, 4.69) is 4.72 Å². The van der Waals surface area contributed by atoms with Crippen molar-refractivity contribution in [2.45, 2.75) is 37.1 Å². The molecule has 0 spiro atoms. The molecule has 5 nitrogen and oxygen atoms in total. The van der Waals surface area contributed by atoms with Crippen LogP contribution >= 0.6 is 0 Å². The number of hydrogen-bond acceptors (Lipinski definition) is 4. The zero-order valence-corrected chi connectivity index (χ0v) is 12.2. The third-order valence-corrected chi connectivity index (χ3v) is 5.09. The molecular weight excluding hydrogens is 276 g/mol. The Morgan fingerprint density at radius 2 is 2.10 bits per heavy atom. The summed E-state index contributed by atoms with van der Waals surface area (Å²) >= 11 is 0. The van der Waals surface area contributed by atoms with E-state index >= 15 is 0 Å². The average molecular weight is 292 g/mol. The van der Waals surface area contributed by atoms with E-state index in [9.17, 15) is 18.5 Å². The van der Waals surface area contributed by atoms with Crippen molar-refractivity contribution in [3.63, 3.8) is 0 Å². The smallest absolute Gasteiger partial charge is 0.241 e.